The lowest BCUT2D eigenvalue weighted by Gasteiger charge is -2.10. The number of sulfonamides is 1. The van der Waals surface area contributed by atoms with Crippen LogP contribution in [-0.2, 0) is 10.0 Å². The van der Waals surface area contributed by atoms with Gasteiger partial charge in [-0.2, -0.15) is 5.26 Å². The maximum atomic E-state index is 13.5. The molecule has 4 nitrogen and oxygen atoms in total. The second-order valence-corrected chi connectivity index (χ2v) is 5.90. The molecule has 7 heteroatoms. The molecule has 0 spiro atoms. The van der Waals surface area contributed by atoms with Gasteiger partial charge in [0.1, 0.15) is 10.7 Å². The molecule has 0 aliphatic heterocycles. The summed E-state index contributed by atoms with van der Waals surface area (Å²) < 4.78 is 39.9. The predicted octanol–water partition coefficient (Wildman–Crippen LogP) is 3.15. The Labute approximate surface area is 120 Å². The lowest BCUT2D eigenvalue weighted by Crippen LogP contribution is -2.14. The van der Waals surface area contributed by atoms with Crippen LogP contribution in [0.15, 0.2) is 47.4 Å². The van der Waals surface area contributed by atoms with Crippen LogP contribution in [0.1, 0.15) is 5.56 Å². The topological polar surface area (TPSA) is 70.0 Å². The fourth-order valence-corrected chi connectivity index (χ4v) is 2.91. The normalized spacial score (nSPS) is 10.8. The fourth-order valence-electron chi connectivity index (χ4n) is 1.54. The highest BCUT2D eigenvalue weighted by molar-refractivity contribution is 7.92. The van der Waals surface area contributed by atoms with Gasteiger partial charge in [0.05, 0.1) is 22.3 Å². The Morgan fingerprint density at radius 1 is 1.20 bits per heavy atom. The molecule has 0 radical (unpaired) electrons. The summed E-state index contributed by atoms with van der Waals surface area (Å²) in [5, 5.41) is 8.90. The van der Waals surface area contributed by atoms with Crippen molar-refractivity contribution in [2.45, 2.75) is 4.90 Å². The molecular formula is C13H8ClFN2O2S. The van der Waals surface area contributed by atoms with E-state index >= 15 is 0 Å². The first kappa shape index (κ1) is 14.3. The van der Waals surface area contributed by atoms with E-state index in [1.165, 1.54) is 30.3 Å². The lowest BCUT2D eigenvalue weighted by molar-refractivity contribution is 0.570. The monoisotopic (exact) mass is 310 g/mol. The molecule has 0 aromatic heterocycles. The van der Waals surface area contributed by atoms with Crippen LogP contribution in [0.4, 0.5) is 10.1 Å². The van der Waals surface area contributed by atoms with E-state index in [0.29, 0.717) is 0 Å². The minimum absolute atomic E-state index is 0.0222. The molecule has 2 aromatic rings. The van der Waals surface area contributed by atoms with Gasteiger partial charge < -0.3 is 0 Å². The van der Waals surface area contributed by atoms with Crippen molar-refractivity contribution in [3.05, 3.63) is 58.9 Å². The predicted molar refractivity (Wildman–Crippen MR) is 73.4 cm³/mol. The minimum Gasteiger partial charge on any atom is -0.278 e. The van der Waals surface area contributed by atoms with Crippen LogP contribution in [0.25, 0.3) is 0 Å². The van der Waals surface area contributed by atoms with Crippen LogP contribution in [0.5, 0.6) is 0 Å². The van der Waals surface area contributed by atoms with E-state index in [-0.39, 0.29) is 16.3 Å². The number of hydrogen-bond acceptors (Lipinski definition) is 3. The molecule has 20 heavy (non-hydrogen) atoms. The Morgan fingerprint density at radius 3 is 2.55 bits per heavy atom. The molecule has 0 saturated carbocycles. The van der Waals surface area contributed by atoms with Crippen molar-refractivity contribution < 1.29 is 12.8 Å². The fraction of sp³-hybridized carbons (Fsp3) is 0. The van der Waals surface area contributed by atoms with Crippen molar-refractivity contribution in [3.63, 3.8) is 0 Å². The number of rotatable bonds is 3. The van der Waals surface area contributed by atoms with Crippen LogP contribution in [0, 0.1) is 17.1 Å². The molecule has 0 aliphatic carbocycles. The zero-order valence-corrected chi connectivity index (χ0v) is 11.5. The Balaban J connectivity index is 2.44. The molecule has 2 rings (SSSR count). The number of nitriles is 1. The quantitative estimate of drug-likeness (QED) is 0.946. The first-order chi connectivity index (χ1) is 9.44. The molecule has 0 bridgehead atoms. The summed E-state index contributed by atoms with van der Waals surface area (Å²) in [6.07, 6.45) is 0. The number of benzene rings is 2. The van der Waals surface area contributed by atoms with Gasteiger partial charge in [-0.1, -0.05) is 23.7 Å². The van der Waals surface area contributed by atoms with Crippen LogP contribution >= 0.6 is 11.6 Å². The van der Waals surface area contributed by atoms with E-state index in [1.54, 1.807) is 0 Å². The van der Waals surface area contributed by atoms with Crippen LogP contribution in [0.3, 0.4) is 0 Å². The molecule has 0 saturated heterocycles. The molecule has 0 amide bonds. The number of nitrogens with zero attached hydrogens (tertiary/aromatic N) is 1. The molecule has 2 aromatic carbocycles. The van der Waals surface area contributed by atoms with Crippen molar-refractivity contribution in [2.75, 3.05) is 4.72 Å². The number of hydrogen-bond donors (Lipinski definition) is 1. The summed E-state index contributed by atoms with van der Waals surface area (Å²) in [4.78, 5) is -0.488. The van der Waals surface area contributed by atoms with E-state index in [0.717, 1.165) is 12.1 Å². The van der Waals surface area contributed by atoms with E-state index in [4.69, 9.17) is 16.9 Å². The van der Waals surface area contributed by atoms with Gasteiger partial charge in [-0.05, 0) is 30.3 Å². The second-order valence-electron chi connectivity index (χ2n) is 3.84. The SMILES string of the molecule is N#Cc1ccc(Cl)c(NS(=O)(=O)c2ccccc2F)c1. The standard InChI is InChI=1S/C13H8ClFN2O2S/c14-10-6-5-9(8-16)7-12(10)17-20(18,19)13-4-2-1-3-11(13)15/h1-7,17H. The zero-order valence-electron chi connectivity index (χ0n) is 9.97. The van der Waals surface area contributed by atoms with E-state index < -0.39 is 20.7 Å². The molecule has 0 atom stereocenters. The maximum Gasteiger partial charge on any atom is 0.264 e. The first-order valence-electron chi connectivity index (χ1n) is 5.41. The number of halogens is 2. The summed E-state index contributed by atoms with van der Waals surface area (Å²) in [6.45, 7) is 0. The van der Waals surface area contributed by atoms with Crippen LogP contribution in [-0.4, -0.2) is 8.42 Å². The highest BCUT2D eigenvalue weighted by atomic mass is 35.5. The molecule has 1 N–H and O–H groups in total. The third-order valence-corrected chi connectivity index (χ3v) is 4.19. The van der Waals surface area contributed by atoms with Crippen molar-refractivity contribution in [2.24, 2.45) is 0 Å². The zero-order chi connectivity index (χ0) is 14.8. The summed E-state index contributed by atoms with van der Waals surface area (Å²) in [5.74, 6) is -0.868. The van der Waals surface area contributed by atoms with Gasteiger partial charge in [0.25, 0.3) is 10.0 Å². The van der Waals surface area contributed by atoms with Gasteiger partial charge in [0.15, 0.2) is 0 Å². The largest absolute Gasteiger partial charge is 0.278 e. The van der Waals surface area contributed by atoms with Crippen molar-refractivity contribution in [3.8, 4) is 6.07 Å². The maximum absolute atomic E-state index is 13.5. The van der Waals surface area contributed by atoms with Gasteiger partial charge in [0, 0.05) is 0 Å². The Bertz CT molecular complexity index is 800. The molecule has 0 unspecified atom stereocenters. The van der Waals surface area contributed by atoms with Crippen molar-refractivity contribution in [1.29, 1.82) is 5.26 Å². The van der Waals surface area contributed by atoms with Gasteiger partial charge in [-0.3, -0.25) is 4.72 Å². The summed E-state index contributed by atoms with van der Waals surface area (Å²) in [7, 11) is -4.11. The third-order valence-electron chi connectivity index (χ3n) is 2.47. The lowest BCUT2D eigenvalue weighted by atomic mass is 10.2. The van der Waals surface area contributed by atoms with Gasteiger partial charge in [-0.15, -0.1) is 0 Å². The first-order valence-corrected chi connectivity index (χ1v) is 7.27. The highest BCUT2D eigenvalue weighted by Gasteiger charge is 2.19. The Morgan fingerprint density at radius 2 is 1.90 bits per heavy atom. The Hall–Kier alpha value is -2.10. The molecular weight excluding hydrogens is 303 g/mol. The summed E-state index contributed by atoms with van der Waals surface area (Å²) >= 11 is 5.86. The van der Waals surface area contributed by atoms with E-state index in [1.807, 2.05) is 6.07 Å². The van der Waals surface area contributed by atoms with Crippen molar-refractivity contribution in [1.82, 2.24) is 0 Å². The Kier molecular flexibility index (Phi) is 3.93. The molecule has 102 valence electrons. The summed E-state index contributed by atoms with van der Waals surface area (Å²) in [5.41, 5.74) is 0.259. The van der Waals surface area contributed by atoms with Gasteiger partial charge in [0.2, 0.25) is 0 Å². The molecule has 0 aliphatic rings. The second kappa shape index (κ2) is 5.49. The van der Waals surface area contributed by atoms with Crippen molar-refractivity contribution >= 4 is 27.3 Å². The van der Waals surface area contributed by atoms with Gasteiger partial charge in [-0.25, -0.2) is 12.8 Å². The van der Waals surface area contributed by atoms with Gasteiger partial charge >= 0.3 is 0 Å². The summed E-state index contributed by atoms with van der Waals surface area (Å²) in [6, 6.07) is 11.0. The average molecular weight is 311 g/mol. The smallest absolute Gasteiger partial charge is 0.264 e. The van der Waals surface area contributed by atoms with Crippen LogP contribution < -0.4 is 4.72 Å². The highest BCUT2D eigenvalue weighted by Crippen LogP contribution is 2.26. The average Bonchev–Trinajstić information content (AvgIpc) is 2.41. The number of nitrogens with one attached hydrogen (secondary N) is 1. The van der Waals surface area contributed by atoms with E-state index in [2.05, 4.69) is 4.72 Å². The van der Waals surface area contributed by atoms with Crippen LogP contribution in [0.2, 0.25) is 5.02 Å². The minimum atomic E-state index is -4.11. The van der Waals surface area contributed by atoms with E-state index in [9.17, 15) is 12.8 Å². The molecule has 0 heterocycles. The number of anilines is 1. The molecule has 0 fully saturated rings. The third kappa shape index (κ3) is 2.90.